The van der Waals surface area contributed by atoms with Gasteiger partial charge in [0.05, 0.1) is 28.7 Å². The molecule has 10 heteroatoms. The lowest BCUT2D eigenvalue weighted by atomic mass is 9.86. The minimum absolute atomic E-state index is 0.235. The molecule has 0 amide bonds. The molecular formula is C19H20ClF3N6. The van der Waals surface area contributed by atoms with Crippen LogP contribution in [0, 0.1) is 5.92 Å². The fourth-order valence-electron chi connectivity index (χ4n) is 3.58. The molecule has 3 aromatic rings. The van der Waals surface area contributed by atoms with Crippen LogP contribution in [-0.4, -0.2) is 31.9 Å². The van der Waals surface area contributed by atoms with Crippen molar-refractivity contribution in [3.63, 3.8) is 0 Å². The number of aromatic nitrogens is 4. The minimum atomic E-state index is -4.46. The Labute approximate surface area is 170 Å². The van der Waals surface area contributed by atoms with Gasteiger partial charge in [0.25, 0.3) is 0 Å². The van der Waals surface area contributed by atoms with E-state index in [0.29, 0.717) is 35.4 Å². The third kappa shape index (κ3) is 4.30. The molecule has 3 heterocycles. The van der Waals surface area contributed by atoms with Crippen molar-refractivity contribution in [3.05, 3.63) is 41.3 Å². The van der Waals surface area contributed by atoms with E-state index in [9.17, 15) is 13.2 Å². The first-order valence-electron chi connectivity index (χ1n) is 9.38. The van der Waals surface area contributed by atoms with Crippen LogP contribution in [0.25, 0.3) is 17.0 Å². The van der Waals surface area contributed by atoms with E-state index in [1.807, 2.05) is 0 Å². The lowest BCUT2D eigenvalue weighted by Crippen LogP contribution is -2.29. The van der Waals surface area contributed by atoms with Crippen LogP contribution in [0.1, 0.15) is 31.2 Å². The summed E-state index contributed by atoms with van der Waals surface area (Å²) < 4.78 is 40.6. The molecule has 0 radical (unpaired) electrons. The number of halogens is 4. The van der Waals surface area contributed by atoms with Gasteiger partial charge in [0.2, 0.25) is 5.95 Å². The zero-order chi connectivity index (χ0) is 20.6. The smallest absolute Gasteiger partial charge is 0.354 e. The van der Waals surface area contributed by atoms with Gasteiger partial charge >= 0.3 is 6.18 Å². The lowest BCUT2D eigenvalue weighted by Gasteiger charge is -2.26. The van der Waals surface area contributed by atoms with E-state index in [0.717, 1.165) is 37.9 Å². The van der Waals surface area contributed by atoms with Gasteiger partial charge in [-0.25, -0.2) is 15.0 Å². The van der Waals surface area contributed by atoms with E-state index >= 15 is 0 Å². The summed E-state index contributed by atoms with van der Waals surface area (Å²) in [6.07, 6.45) is 3.52. The summed E-state index contributed by atoms with van der Waals surface area (Å²) >= 11 is 6.25. The molecule has 0 aliphatic heterocycles. The fourth-order valence-corrected chi connectivity index (χ4v) is 3.77. The van der Waals surface area contributed by atoms with Crippen molar-refractivity contribution in [2.24, 2.45) is 11.7 Å². The molecule has 0 saturated heterocycles. The molecular weight excluding hydrogens is 405 g/mol. The van der Waals surface area contributed by atoms with Crippen molar-refractivity contribution in [2.75, 3.05) is 11.9 Å². The average molecular weight is 425 g/mol. The van der Waals surface area contributed by atoms with E-state index in [4.69, 9.17) is 17.3 Å². The first-order chi connectivity index (χ1) is 13.8. The second-order valence-corrected chi connectivity index (χ2v) is 7.75. The van der Waals surface area contributed by atoms with Crippen LogP contribution >= 0.6 is 11.6 Å². The maximum atomic E-state index is 13.1. The van der Waals surface area contributed by atoms with Gasteiger partial charge in [-0.2, -0.15) is 13.2 Å². The minimum Gasteiger partial charge on any atom is -0.354 e. The molecule has 0 aromatic carbocycles. The topological polar surface area (TPSA) is 81.1 Å². The lowest BCUT2D eigenvalue weighted by molar-refractivity contribution is -0.137. The Morgan fingerprint density at radius 1 is 1.14 bits per heavy atom. The standard InChI is InChI=1S/C19H20ClF3N6/c20-14-8-27-18(26-7-11-1-4-13(24)5-2-11)28-17(14)15-9-25-16-6-3-12(10-29(15)16)19(21,22)23/h3,6,8-11,13H,1-2,4-5,7,24H2,(H,26,27,28). The maximum absolute atomic E-state index is 13.1. The Morgan fingerprint density at radius 3 is 2.62 bits per heavy atom. The number of alkyl halides is 3. The van der Waals surface area contributed by atoms with Crippen molar-refractivity contribution in [1.82, 2.24) is 19.4 Å². The SMILES string of the molecule is NC1CCC(CNc2ncc(Cl)c(-c3cnc4ccc(C(F)(F)F)cn34)n2)CC1. The van der Waals surface area contributed by atoms with Gasteiger partial charge in [0, 0.05) is 18.8 Å². The fraction of sp³-hybridized carbons (Fsp3) is 0.421. The Balaban J connectivity index is 1.60. The predicted molar refractivity (Wildman–Crippen MR) is 105 cm³/mol. The van der Waals surface area contributed by atoms with Crippen molar-refractivity contribution < 1.29 is 13.2 Å². The highest BCUT2D eigenvalue weighted by Crippen LogP contribution is 2.32. The van der Waals surface area contributed by atoms with E-state index in [1.54, 1.807) is 0 Å². The summed E-state index contributed by atoms with van der Waals surface area (Å²) in [5, 5.41) is 3.45. The summed E-state index contributed by atoms with van der Waals surface area (Å²) in [6.45, 7) is 0.708. The van der Waals surface area contributed by atoms with Crippen LogP contribution < -0.4 is 11.1 Å². The number of rotatable bonds is 4. The number of nitrogens with zero attached hydrogens (tertiary/aromatic N) is 4. The molecule has 3 aromatic heterocycles. The zero-order valence-corrected chi connectivity index (χ0v) is 16.2. The van der Waals surface area contributed by atoms with Crippen molar-refractivity contribution in [3.8, 4) is 11.4 Å². The van der Waals surface area contributed by atoms with Crippen LogP contribution in [0.5, 0.6) is 0 Å². The molecule has 1 aliphatic carbocycles. The Morgan fingerprint density at radius 2 is 1.90 bits per heavy atom. The quantitative estimate of drug-likeness (QED) is 0.649. The molecule has 0 unspecified atom stereocenters. The van der Waals surface area contributed by atoms with Gasteiger partial charge in [-0.1, -0.05) is 11.6 Å². The third-order valence-electron chi connectivity index (χ3n) is 5.26. The van der Waals surface area contributed by atoms with Crippen molar-refractivity contribution >= 4 is 23.2 Å². The second-order valence-electron chi connectivity index (χ2n) is 7.34. The Bertz CT molecular complexity index is 1010. The summed E-state index contributed by atoms with van der Waals surface area (Å²) in [5.74, 6) is 0.865. The van der Waals surface area contributed by atoms with Crippen LogP contribution in [0.3, 0.4) is 0 Å². The largest absolute Gasteiger partial charge is 0.417 e. The molecule has 1 fully saturated rings. The molecule has 1 aliphatic rings. The number of hydrogen-bond donors (Lipinski definition) is 2. The normalized spacial score (nSPS) is 20.2. The third-order valence-corrected chi connectivity index (χ3v) is 5.54. The summed E-state index contributed by atoms with van der Waals surface area (Å²) in [7, 11) is 0. The summed E-state index contributed by atoms with van der Waals surface area (Å²) in [6, 6.07) is 2.59. The Hall–Kier alpha value is -2.39. The van der Waals surface area contributed by atoms with Crippen LogP contribution in [0.4, 0.5) is 19.1 Å². The highest BCUT2D eigenvalue weighted by molar-refractivity contribution is 6.32. The van der Waals surface area contributed by atoms with E-state index in [1.165, 1.54) is 22.9 Å². The molecule has 1 saturated carbocycles. The first kappa shape index (κ1) is 19.9. The van der Waals surface area contributed by atoms with E-state index < -0.39 is 11.7 Å². The number of fused-ring (bicyclic) bond motifs is 1. The van der Waals surface area contributed by atoms with Gasteiger partial charge in [0.1, 0.15) is 11.3 Å². The van der Waals surface area contributed by atoms with Crippen molar-refractivity contribution in [1.29, 1.82) is 0 Å². The van der Waals surface area contributed by atoms with Crippen LogP contribution in [0.2, 0.25) is 5.02 Å². The predicted octanol–water partition coefficient (Wildman–Crippen LogP) is 4.39. The molecule has 0 bridgehead atoms. The monoisotopic (exact) mass is 424 g/mol. The first-order valence-corrected chi connectivity index (χ1v) is 9.75. The summed E-state index contributed by atoms with van der Waals surface area (Å²) in [5.41, 5.74) is 6.22. The number of anilines is 1. The van der Waals surface area contributed by atoms with Gasteiger partial charge in [0.15, 0.2) is 0 Å². The molecule has 6 nitrogen and oxygen atoms in total. The van der Waals surface area contributed by atoms with Gasteiger partial charge in [-0.05, 0) is 43.7 Å². The highest BCUT2D eigenvalue weighted by atomic mass is 35.5. The number of imidazole rings is 1. The molecule has 0 atom stereocenters. The van der Waals surface area contributed by atoms with Crippen LogP contribution in [0.15, 0.2) is 30.7 Å². The van der Waals surface area contributed by atoms with E-state index in [2.05, 4.69) is 20.3 Å². The molecule has 3 N–H and O–H groups in total. The Kier molecular flexibility index (Phi) is 5.35. The van der Waals surface area contributed by atoms with E-state index in [-0.39, 0.29) is 11.1 Å². The van der Waals surface area contributed by atoms with Crippen LogP contribution in [-0.2, 0) is 6.18 Å². The second kappa shape index (κ2) is 7.79. The molecule has 154 valence electrons. The van der Waals surface area contributed by atoms with Gasteiger partial charge in [-0.3, -0.25) is 4.40 Å². The average Bonchev–Trinajstić information content (AvgIpc) is 3.11. The zero-order valence-electron chi connectivity index (χ0n) is 15.5. The molecule has 29 heavy (non-hydrogen) atoms. The number of pyridine rings is 1. The molecule has 4 rings (SSSR count). The number of nitrogens with one attached hydrogen (secondary N) is 1. The molecule has 0 spiro atoms. The highest BCUT2D eigenvalue weighted by Gasteiger charge is 2.31. The maximum Gasteiger partial charge on any atom is 0.417 e. The number of hydrogen-bond acceptors (Lipinski definition) is 5. The van der Waals surface area contributed by atoms with Crippen molar-refractivity contribution in [2.45, 2.75) is 37.9 Å². The summed E-state index contributed by atoms with van der Waals surface area (Å²) in [4.78, 5) is 12.8. The van der Waals surface area contributed by atoms with Gasteiger partial charge < -0.3 is 11.1 Å². The van der Waals surface area contributed by atoms with Gasteiger partial charge in [-0.15, -0.1) is 0 Å². The number of nitrogens with two attached hydrogens (primary N) is 1.